The first kappa shape index (κ1) is 16.3. The molecule has 3 N–H and O–H groups in total. The van der Waals surface area contributed by atoms with Gasteiger partial charge >= 0.3 is 6.03 Å². The second kappa shape index (κ2) is 7.00. The van der Waals surface area contributed by atoms with Crippen molar-refractivity contribution in [3.05, 3.63) is 65.2 Å². The summed E-state index contributed by atoms with van der Waals surface area (Å²) in [4.78, 5) is 23.4. The van der Waals surface area contributed by atoms with Crippen molar-refractivity contribution >= 4 is 23.3 Å². The van der Waals surface area contributed by atoms with Crippen LogP contribution in [0.1, 0.15) is 29.5 Å². The maximum Gasteiger partial charge on any atom is 0.319 e. The number of hydrogen-bond acceptors (Lipinski definition) is 3. The smallest absolute Gasteiger partial charge is 0.319 e. The molecule has 132 valence electrons. The van der Waals surface area contributed by atoms with Gasteiger partial charge in [-0.15, -0.1) is 0 Å². The third kappa shape index (κ3) is 3.59. The van der Waals surface area contributed by atoms with Crippen LogP contribution in [0.15, 0.2) is 53.6 Å². The molecule has 0 saturated heterocycles. The minimum atomic E-state index is -0.186. The van der Waals surface area contributed by atoms with E-state index in [1.807, 2.05) is 36.4 Å². The number of fused-ring (bicyclic) bond motifs is 1. The van der Waals surface area contributed by atoms with E-state index in [4.69, 9.17) is 0 Å². The van der Waals surface area contributed by atoms with Gasteiger partial charge in [0.05, 0.1) is 5.71 Å². The highest BCUT2D eigenvalue weighted by molar-refractivity contribution is 6.04. The minimum Gasteiger partial charge on any atom is -0.334 e. The number of hydrazone groups is 1. The summed E-state index contributed by atoms with van der Waals surface area (Å²) in [6.45, 7) is 0. The van der Waals surface area contributed by atoms with Gasteiger partial charge in [0.2, 0.25) is 5.91 Å². The molecule has 0 spiro atoms. The molecule has 1 aliphatic heterocycles. The third-order valence-electron chi connectivity index (χ3n) is 4.74. The molecule has 6 heteroatoms. The molecule has 2 aromatic rings. The lowest BCUT2D eigenvalue weighted by Crippen LogP contribution is -2.38. The summed E-state index contributed by atoms with van der Waals surface area (Å²) >= 11 is 0. The molecule has 4 rings (SSSR count). The number of carbonyl (C=O) groups excluding carboxylic acids is 2. The molecule has 1 unspecified atom stereocenters. The van der Waals surface area contributed by atoms with E-state index in [1.165, 1.54) is 11.1 Å². The minimum absolute atomic E-state index is 0.0383. The van der Waals surface area contributed by atoms with Gasteiger partial charge in [-0.2, -0.15) is 5.10 Å². The SMILES string of the molecule is O=C1CCC(c2ccc3c(c2)CC(NC(=O)Nc2ccccc2)C3)=NN1. The van der Waals surface area contributed by atoms with Gasteiger partial charge in [0.25, 0.3) is 0 Å². The fourth-order valence-corrected chi connectivity index (χ4v) is 3.46. The van der Waals surface area contributed by atoms with Crippen molar-refractivity contribution < 1.29 is 9.59 Å². The summed E-state index contributed by atoms with van der Waals surface area (Å²) in [5, 5.41) is 10.1. The van der Waals surface area contributed by atoms with Crippen molar-refractivity contribution in [2.24, 2.45) is 5.10 Å². The van der Waals surface area contributed by atoms with Gasteiger partial charge in [0.15, 0.2) is 0 Å². The van der Waals surface area contributed by atoms with Crippen molar-refractivity contribution in [3.8, 4) is 0 Å². The van der Waals surface area contributed by atoms with Crippen LogP contribution in [0.25, 0.3) is 0 Å². The van der Waals surface area contributed by atoms with Crippen LogP contribution in [0.4, 0.5) is 10.5 Å². The molecule has 3 amide bonds. The highest BCUT2D eigenvalue weighted by atomic mass is 16.2. The Balaban J connectivity index is 1.39. The lowest BCUT2D eigenvalue weighted by Gasteiger charge is -2.13. The van der Waals surface area contributed by atoms with Crippen LogP contribution >= 0.6 is 0 Å². The molecule has 0 saturated carbocycles. The van der Waals surface area contributed by atoms with E-state index >= 15 is 0 Å². The number of para-hydroxylation sites is 1. The highest BCUT2D eigenvalue weighted by Crippen LogP contribution is 2.25. The molecule has 1 aliphatic carbocycles. The average Bonchev–Trinajstić information content (AvgIpc) is 3.04. The van der Waals surface area contributed by atoms with Crippen LogP contribution in [0.3, 0.4) is 0 Å². The predicted molar refractivity (Wildman–Crippen MR) is 100 cm³/mol. The summed E-state index contributed by atoms with van der Waals surface area (Å²) in [5.74, 6) is -0.0383. The zero-order valence-electron chi connectivity index (χ0n) is 14.3. The molecule has 0 fully saturated rings. The maximum atomic E-state index is 12.2. The maximum absolute atomic E-state index is 12.2. The lowest BCUT2D eigenvalue weighted by atomic mass is 10.00. The second-order valence-corrected chi connectivity index (χ2v) is 6.65. The van der Waals surface area contributed by atoms with E-state index in [-0.39, 0.29) is 18.0 Å². The summed E-state index contributed by atoms with van der Waals surface area (Å²) in [6, 6.07) is 15.6. The molecule has 0 bridgehead atoms. The first-order valence-corrected chi connectivity index (χ1v) is 8.77. The Morgan fingerprint density at radius 3 is 2.62 bits per heavy atom. The van der Waals surface area contributed by atoms with E-state index in [0.29, 0.717) is 12.8 Å². The van der Waals surface area contributed by atoms with Crippen molar-refractivity contribution in [1.29, 1.82) is 0 Å². The third-order valence-corrected chi connectivity index (χ3v) is 4.74. The summed E-state index contributed by atoms with van der Waals surface area (Å²) in [5.41, 5.74) is 7.74. The Labute approximate surface area is 151 Å². The lowest BCUT2D eigenvalue weighted by molar-refractivity contribution is -0.121. The van der Waals surface area contributed by atoms with E-state index in [1.54, 1.807) is 0 Å². The van der Waals surface area contributed by atoms with Crippen LogP contribution in [-0.2, 0) is 17.6 Å². The number of rotatable bonds is 3. The molecule has 2 aromatic carbocycles. The standard InChI is InChI=1S/C20H20N4O2/c25-19-9-8-18(23-24-19)14-7-6-13-11-17(12-15(13)10-14)22-20(26)21-16-4-2-1-3-5-16/h1-7,10,17H,8-9,11-12H2,(H,24,25)(H2,21,22,26). The molecule has 0 radical (unpaired) electrons. The Hall–Kier alpha value is -3.15. The van der Waals surface area contributed by atoms with Gasteiger partial charge in [0, 0.05) is 24.6 Å². The number of hydrogen-bond donors (Lipinski definition) is 3. The molecular weight excluding hydrogens is 328 g/mol. The van der Waals surface area contributed by atoms with Crippen LogP contribution in [-0.4, -0.2) is 23.7 Å². The van der Waals surface area contributed by atoms with Gasteiger partial charge in [0.1, 0.15) is 0 Å². The monoisotopic (exact) mass is 348 g/mol. The number of anilines is 1. The van der Waals surface area contributed by atoms with Crippen molar-refractivity contribution in [2.45, 2.75) is 31.7 Å². The first-order valence-electron chi connectivity index (χ1n) is 8.77. The summed E-state index contributed by atoms with van der Waals surface area (Å²) in [6.07, 6.45) is 2.75. The Bertz CT molecular complexity index is 877. The number of nitrogens with one attached hydrogen (secondary N) is 3. The van der Waals surface area contributed by atoms with E-state index in [2.05, 4.69) is 33.3 Å². The molecule has 1 heterocycles. The van der Waals surface area contributed by atoms with E-state index < -0.39 is 0 Å². The number of urea groups is 1. The van der Waals surface area contributed by atoms with Gasteiger partial charge < -0.3 is 10.6 Å². The quantitative estimate of drug-likeness (QED) is 0.797. The second-order valence-electron chi connectivity index (χ2n) is 6.65. The van der Waals surface area contributed by atoms with Gasteiger partial charge in [-0.05, 0) is 47.7 Å². The van der Waals surface area contributed by atoms with Crippen molar-refractivity contribution in [2.75, 3.05) is 5.32 Å². The zero-order chi connectivity index (χ0) is 17.9. The van der Waals surface area contributed by atoms with Crippen LogP contribution in [0.2, 0.25) is 0 Å². The molecule has 1 atom stereocenters. The van der Waals surface area contributed by atoms with E-state index in [0.717, 1.165) is 29.8 Å². The fraction of sp³-hybridized carbons (Fsp3) is 0.250. The first-order chi connectivity index (χ1) is 12.7. The molecule has 2 aliphatic rings. The Kier molecular flexibility index (Phi) is 4.39. The van der Waals surface area contributed by atoms with Gasteiger partial charge in [-0.1, -0.05) is 30.3 Å². The molecule has 6 nitrogen and oxygen atoms in total. The van der Waals surface area contributed by atoms with Gasteiger partial charge in [-0.3, -0.25) is 4.79 Å². The van der Waals surface area contributed by atoms with Crippen LogP contribution < -0.4 is 16.1 Å². The molecule has 0 aromatic heterocycles. The Morgan fingerprint density at radius 2 is 1.85 bits per heavy atom. The average molecular weight is 348 g/mol. The van der Waals surface area contributed by atoms with Crippen molar-refractivity contribution in [3.63, 3.8) is 0 Å². The predicted octanol–water partition coefficient (Wildman–Crippen LogP) is 2.59. The van der Waals surface area contributed by atoms with Crippen LogP contribution in [0, 0.1) is 0 Å². The number of amides is 3. The number of benzene rings is 2. The summed E-state index contributed by atoms with van der Waals surface area (Å²) < 4.78 is 0. The zero-order valence-corrected chi connectivity index (χ0v) is 14.3. The number of carbonyl (C=O) groups is 2. The summed E-state index contributed by atoms with van der Waals surface area (Å²) in [7, 11) is 0. The largest absolute Gasteiger partial charge is 0.334 e. The van der Waals surface area contributed by atoms with Crippen LogP contribution in [0.5, 0.6) is 0 Å². The Morgan fingerprint density at radius 1 is 1.04 bits per heavy atom. The highest BCUT2D eigenvalue weighted by Gasteiger charge is 2.24. The number of nitrogens with zero attached hydrogens (tertiary/aromatic N) is 1. The molecule has 26 heavy (non-hydrogen) atoms. The van der Waals surface area contributed by atoms with Gasteiger partial charge in [-0.25, -0.2) is 10.2 Å². The molecular formula is C20H20N4O2. The van der Waals surface area contributed by atoms with E-state index in [9.17, 15) is 9.59 Å². The fourth-order valence-electron chi connectivity index (χ4n) is 3.46. The normalized spacial score (nSPS) is 18.5. The van der Waals surface area contributed by atoms with Crippen molar-refractivity contribution in [1.82, 2.24) is 10.7 Å². The topological polar surface area (TPSA) is 82.6 Å².